The van der Waals surface area contributed by atoms with Crippen LogP contribution in [0.2, 0.25) is 0 Å². The summed E-state index contributed by atoms with van der Waals surface area (Å²) in [5.74, 6) is 0.0153. The van der Waals surface area contributed by atoms with Crippen LogP contribution in [0.4, 0.5) is 0 Å². The summed E-state index contributed by atoms with van der Waals surface area (Å²) in [7, 11) is 0. The third-order valence-electron chi connectivity index (χ3n) is 3.03. The Morgan fingerprint density at radius 2 is 1.70 bits per heavy atom. The number of carbonyl (C=O) groups excluding carboxylic acids is 1. The Labute approximate surface area is 120 Å². The molecule has 104 valence electrons. The standard InChI is InChI=1S/C17H20N2O/c1-14-6-5-9-16(10-14)11-18-13-17(20)19-12-15-7-3-2-4-8-15/h2-10,18H,11-13H2,1H3,(H,19,20). The van der Waals surface area contributed by atoms with E-state index < -0.39 is 0 Å². The van der Waals surface area contributed by atoms with Gasteiger partial charge in [0, 0.05) is 13.1 Å². The minimum absolute atomic E-state index is 0.0153. The molecule has 0 unspecified atom stereocenters. The highest BCUT2D eigenvalue weighted by atomic mass is 16.1. The average molecular weight is 268 g/mol. The van der Waals surface area contributed by atoms with Crippen LogP contribution in [0, 0.1) is 6.92 Å². The molecule has 2 N–H and O–H groups in total. The van der Waals surface area contributed by atoms with Crippen molar-refractivity contribution in [2.24, 2.45) is 0 Å². The molecule has 0 saturated carbocycles. The molecule has 1 amide bonds. The van der Waals surface area contributed by atoms with E-state index in [1.54, 1.807) is 0 Å². The number of benzene rings is 2. The van der Waals surface area contributed by atoms with Crippen LogP contribution in [-0.2, 0) is 17.9 Å². The molecule has 0 atom stereocenters. The van der Waals surface area contributed by atoms with Crippen LogP contribution in [0.15, 0.2) is 54.6 Å². The molecule has 0 aliphatic rings. The molecule has 0 aliphatic carbocycles. The molecule has 2 aromatic carbocycles. The second-order valence-electron chi connectivity index (χ2n) is 4.85. The fraction of sp³-hybridized carbons (Fsp3) is 0.235. The van der Waals surface area contributed by atoms with E-state index in [9.17, 15) is 4.79 Å². The first kappa shape index (κ1) is 14.3. The zero-order valence-electron chi connectivity index (χ0n) is 11.7. The van der Waals surface area contributed by atoms with E-state index in [2.05, 4.69) is 35.8 Å². The lowest BCUT2D eigenvalue weighted by Gasteiger charge is -2.07. The van der Waals surface area contributed by atoms with Gasteiger partial charge in [-0.15, -0.1) is 0 Å². The summed E-state index contributed by atoms with van der Waals surface area (Å²) >= 11 is 0. The van der Waals surface area contributed by atoms with E-state index in [1.807, 2.05) is 36.4 Å². The first-order chi connectivity index (χ1) is 9.74. The van der Waals surface area contributed by atoms with Gasteiger partial charge in [0.1, 0.15) is 0 Å². The summed E-state index contributed by atoms with van der Waals surface area (Å²) in [6.07, 6.45) is 0. The fourth-order valence-corrected chi connectivity index (χ4v) is 2.00. The highest BCUT2D eigenvalue weighted by Gasteiger charge is 2.01. The lowest BCUT2D eigenvalue weighted by atomic mass is 10.1. The predicted octanol–water partition coefficient (Wildman–Crippen LogP) is 2.40. The molecular weight excluding hydrogens is 248 g/mol. The second kappa shape index (κ2) is 7.46. The van der Waals surface area contributed by atoms with E-state index in [0.717, 1.165) is 5.56 Å². The van der Waals surface area contributed by atoms with E-state index in [4.69, 9.17) is 0 Å². The normalized spacial score (nSPS) is 10.2. The number of amides is 1. The zero-order valence-corrected chi connectivity index (χ0v) is 11.7. The number of rotatable bonds is 6. The van der Waals surface area contributed by atoms with Crippen LogP contribution >= 0.6 is 0 Å². The summed E-state index contributed by atoms with van der Waals surface area (Å²) < 4.78 is 0. The van der Waals surface area contributed by atoms with Crippen molar-refractivity contribution >= 4 is 5.91 Å². The fourth-order valence-electron chi connectivity index (χ4n) is 2.00. The lowest BCUT2D eigenvalue weighted by Crippen LogP contribution is -2.33. The number of hydrogen-bond acceptors (Lipinski definition) is 2. The molecule has 0 saturated heterocycles. The first-order valence-corrected chi connectivity index (χ1v) is 6.81. The second-order valence-corrected chi connectivity index (χ2v) is 4.85. The number of hydrogen-bond donors (Lipinski definition) is 2. The number of nitrogens with one attached hydrogen (secondary N) is 2. The molecule has 0 aliphatic heterocycles. The molecule has 2 rings (SSSR count). The van der Waals surface area contributed by atoms with Gasteiger partial charge in [0.2, 0.25) is 5.91 Å². The third kappa shape index (κ3) is 4.86. The topological polar surface area (TPSA) is 41.1 Å². The zero-order chi connectivity index (χ0) is 14.2. The molecule has 0 spiro atoms. The molecule has 20 heavy (non-hydrogen) atoms. The van der Waals surface area contributed by atoms with E-state index in [-0.39, 0.29) is 5.91 Å². The highest BCUT2D eigenvalue weighted by Crippen LogP contribution is 2.02. The largest absolute Gasteiger partial charge is 0.351 e. The van der Waals surface area contributed by atoms with Gasteiger partial charge in [-0.05, 0) is 18.1 Å². The molecule has 0 heterocycles. The van der Waals surface area contributed by atoms with Gasteiger partial charge in [-0.2, -0.15) is 0 Å². The van der Waals surface area contributed by atoms with Gasteiger partial charge in [-0.25, -0.2) is 0 Å². The minimum atomic E-state index is 0.0153. The summed E-state index contributed by atoms with van der Waals surface area (Å²) in [6.45, 7) is 3.68. The summed E-state index contributed by atoms with van der Waals surface area (Å²) in [5, 5.41) is 6.05. The molecule has 0 aromatic heterocycles. The smallest absolute Gasteiger partial charge is 0.234 e. The monoisotopic (exact) mass is 268 g/mol. The lowest BCUT2D eigenvalue weighted by molar-refractivity contribution is -0.120. The molecule has 0 fully saturated rings. The molecule has 2 aromatic rings. The summed E-state index contributed by atoms with van der Waals surface area (Å²) in [4.78, 5) is 11.7. The van der Waals surface area contributed by atoms with Crippen LogP contribution < -0.4 is 10.6 Å². The Morgan fingerprint density at radius 3 is 2.45 bits per heavy atom. The van der Waals surface area contributed by atoms with Crippen LogP contribution in [0.3, 0.4) is 0 Å². The van der Waals surface area contributed by atoms with Gasteiger partial charge < -0.3 is 10.6 Å². The molecule has 0 radical (unpaired) electrons. The van der Waals surface area contributed by atoms with Crippen LogP contribution in [-0.4, -0.2) is 12.5 Å². The number of aryl methyl sites for hydroxylation is 1. The maximum Gasteiger partial charge on any atom is 0.234 e. The van der Waals surface area contributed by atoms with Gasteiger partial charge in [0.15, 0.2) is 0 Å². The molecule has 3 nitrogen and oxygen atoms in total. The Kier molecular flexibility index (Phi) is 5.33. The predicted molar refractivity (Wildman–Crippen MR) is 81.2 cm³/mol. The third-order valence-corrected chi connectivity index (χ3v) is 3.03. The molecule has 3 heteroatoms. The van der Waals surface area contributed by atoms with Crippen molar-refractivity contribution in [2.45, 2.75) is 20.0 Å². The van der Waals surface area contributed by atoms with Crippen molar-refractivity contribution in [2.75, 3.05) is 6.54 Å². The van der Waals surface area contributed by atoms with Crippen LogP contribution in [0.1, 0.15) is 16.7 Å². The first-order valence-electron chi connectivity index (χ1n) is 6.81. The maximum absolute atomic E-state index is 11.7. The van der Waals surface area contributed by atoms with Gasteiger partial charge in [-0.3, -0.25) is 4.79 Å². The maximum atomic E-state index is 11.7. The summed E-state index contributed by atoms with van der Waals surface area (Å²) in [5.41, 5.74) is 3.54. The highest BCUT2D eigenvalue weighted by molar-refractivity contribution is 5.77. The SMILES string of the molecule is Cc1cccc(CNCC(=O)NCc2ccccc2)c1. The summed E-state index contributed by atoms with van der Waals surface area (Å²) in [6, 6.07) is 18.2. The van der Waals surface area contributed by atoms with Crippen LogP contribution in [0.25, 0.3) is 0 Å². The van der Waals surface area contributed by atoms with Gasteiger partial charge in [-0.1, -0.05) is 60.2 Å². The van der Waals surface area contributed by atoms with Crippen molar-refractivity contribution < 1.29 is 4.79 Å². The van der Waals surface area contributed by atoms with Crippen molar-refractivity contribution in [1.82, 2.24) is 10.6 Å². The number of carbonyl (C=O) groups is 1. The van der Waals surface area contributed by atoms with Crippen molar-refractivity contribution in [1.29, 1.82) is 0 Å². The molecular formula is C17H20N2O. The van der Waals surface area contributed by atoms with Crippen molar-refractivity contribution in [3.8, 4) is 0 Å². The van der Waals surface area contributed by atoms with Gasteiger partial charge in [0.05, 0.1) is 6.54 Å². The molecule has 0 bridgehead atoms. The van der Waals surface area contributed by atoms with Crippen molar-refractivity contribution in [3.05, 3.63) is 71.3 Å². The van der Waals surface area contributed by atoms with Gasteiger partial charge in [0.25, 0.3) is 0 Å². The average Bonchev–Trinajstić information content (AvgIpc) is 2.46. The minimum Gasteiger partial charge on any atom is -0.351 e. The Morgan fingerprint density at radius 1 is 0.950 bits per heavy atom. The van der Waals surface area contributed by atoms with Crippen molar-refractivity contribution in [3.63, 3.8) is 0 Å². The van der Waals surface area contributed by atoms with Gasteiger partial charge >= 0.3 is 0 Å². The van der Waals surface area contributed by atoms with Crippen LogP contribution in [0.5, 0.6) is 0 Å². The Bertz CT molecular complexity index is 552. The quantitative estimate of drug-likeness (QED) is 0.844. The Hall–Kier alpha value is -2.13. The Balaban J connectivity index is 1.68. The van der Waals surface area contributed by atoms with E-state index >= 15 is 0 Å². The van der Waals surface area contributed by atoms with E-state index in [1.165, 1.54) is 11.1 Å². The van der Waals surface area contributed by atoms with E-state index in [0.29, 0.717) is 19.6 Å².